The molecule has 0 fully saturated rings. The maximum Gasteiger partial charge on any atom is 0.270 e. The molecule has 2 aromatic carbocycles. The van der Waals surface area contributed by atoms with E-state index in [4.69, 9.17) is 16.7 Å². The van der Waals surface area contributed by atoms with Crippen molar-refractivity contribution in [3.63, 3.8) is 0 Å². The first kappa shape index (κ1) is 18.8. The van der Waals surface area contributed by atoms with Gasteiger partial charge in [0.1, 0.15) is 0 Å². The van der Waals surface area contributed by atoms with Crippen LogP contribution in [-0.2, 0) is 10.0 Å². The standard InChI is InChI=1S/C15H14ClN3O5S/c1-9(10-2-5-12(6-3-10)25(17,23)24)18-15(20)13-8-11(19(21)22)4-7-14(13)16/h2-9H,1H3,(H,18,20)(H2,17,23,24). The summed E-state index contributed by atoms with van der Waals surface area (Å²) in [5.41, 5.74) is 0.353. The van der Waals surface area contributed by atoms with Crippen molar-refractivity contribution in [2.45, 2.75) is 17.9 Å². The van der Waals surface area contributed by atoms with Crippen molar-refractivity contribution in [3.8, 4) is 0 Å². The monoisotopic (exact) mass is 383 g/mol. The Balaban J connectivity index is 2.20. The highest BCUT2D eigenvalue weighted by Gasteiger charge is 2.18. The number of primary sulfonamides is 1. The van der Waals surface area contributed by atoms with E-state index in [2.05, 4.69) is 5.32 Å². The molecule has 3 N–H and O–H groups in total. The smallest absolute Gasteiger partial charge is 0.270 e. The number of carbonyl (C=O) groups is 1. The summed E-state index contributed by atoms with van der Waals surface area (Å²) in [5.74, 6) is -0.586. The molecule has 1 amide bonds. The molecule has 1 atom stereocenters. The lowest BCUT2D eigenvalue weighted by atomic mass is 10.1. The van der Waals surface area contributed by atoms with Crippen molar-refractivity contribution in [1.82, 2.24) is 5.32 Å². The van der Waals surface area contributed by atoms with E-state index in [0.29, 0.717) is 5.56 Å². The van der Waals surface area contributed by atoms with Gasteiger partial charge in [-0.1, -0.05) is 23.7 Å². The molecule has 10 heteroatoms. The van der Waals surface area contributed by atoms with Gasteiger partial charge in [0.2, 0.25) is 10.0 Å². The number of nitrogens with one attached hydrogen (secondary N) is 1. The minimum absolute atomic E-state index is 0.0242. The number of hydrogen-bond donors (Lipinski definition) is 2. The van der Waals surface area contributed by atoms with Gasteiger partial charge in [0, 0.05) is 12.1 Å². The zero-order valence-corrected chi connectivity index (χ0v) is 14.5. The Hall–Kier alpha value is -2.49. The Morgan fingerprint density at radius 1 is 1.24 bits per heavy atom. The Kier molecular flexibility index (Phi) is 5.41. The van der Waals surface area contributed by atoms with Crippen molar-refractivity contribution < 1.29 is 18.1 Å². The predicted octanol–water partition coefficient (Wildman–Crippen LogP) is 2.39. The molecule has 2 aromatic rings. The van der Waals surface area contributed by atoms with Crippen molar-refractivity contribution in [1.29, 1.82) is 0 Å². The number of benzene rings is 2. The molecular weight excluding hydrogens is 370 g/mol. The van der Waals surface area contributed by atoms with E-state index in [1.165, 1.54) is 36.4 Å². The maximum absolute atomic E-state index is 12.3. The van der Waals surface area contributed by atoms with Crippen LogP contribution in [0, 0.1) is 10.1 Å². The Morgan fingerprint density at radius 2 is 1.84 bits per heavy atom. The molecule has 0 heterocycles. The summed E-state index contributed by atoms with van der Waals surface area (Å²) in [4.78, 5) is 22.5. The van der Waals surface area contributed by atoms with Crippen LogP contribution in [0.15, 0.2) is 47.4 Å². The van der Waals surface area contributed by atoms with Crippen LogP contribution in [0.1, 0.15) is 28.9 Å². The van der Waals surface area contributed by atoms with E-state index in [0.717, 1.165) is 6.07 Å². The van der Waals surface area contributed by atoms with Gasteiger partial charge in [0.15, 0.2) is 0 Å². The molecular formula is C15H14ClN3O5S. The van der Waals surface area contributed by atoms with Gasteiger partial charge in [-0.25, -0.2) is 13.6 Å². The normalized spacial score (nSPS) is 12.4. The third-order valence-corrected chi connectivity index (χ3v) is 4.72. The minimum atomic E-state index is -3.80. The second kappa shape index (κ2) is 7.18. The number of rotatable bonds is 5. The molecule has 25 heavy (non-hydrogen) atoms. The van der Waals surface area contributed by atoms with Gasteiger partial charge >= 0.3 is 0 Å². The molecule has 132 valence electrons. The lowest BCUT2D eigenvalue weighted by molar-refractivity contribution is -0.384. The fraction of sp³-hybridized carbons (Fsp3) is 0.133. The first-order valence-electron chi connectivity index (χ1n) is 6.97. The molecule has 0 spiro atoms. The van der Waals surface area contributed by atoms with Crippen LogP contribution in [0.3, 0.4) is 0 Å². The Labute approximate surface area is 148 Å². The number of hydrogen-bond acceptors (Lipinski definition) is 5. The van der Waals surface area contributed by atoms with Crippen LogP contribution in [-0.4, -0.2) is 19.2 Å². The topological polar surface area (TPSA) is 132 Å². The first-order valence-corrected chi connectivity index (χ1v) is 8.89. The minimum Gasteiger partial charge on any atom is -0.345 e. The molecule has 0 aliphatic carbocycles. The van der Waals surface area contributed by atoms with Crippen LogP contribution in [0.5, 0.6) is 0 Å². The zero-order valence-electron chi connectivity index (χ0n) is 13.0. The highest BCUT2D eigenvalue weighted by Crippen LogP contribution is 2.23. The fourth-order valence-corrected chi connectivity index (χ4v) is 2.82. The maximum atomic E-state index is 12.3. The summed E-state index contributed by atoms with van der Waals surface area (Å²) in [7, 11) is -3.80. The second-order valence-corrected chi connectivity index (χ2v) is 7.20. The third-order valence-electron chi connectivity index (χ3n) is 3.46. The van der Waals surface area contributed by atoms with Gasteiger partial charge in [-0.3, -0.25) is 14.9 Å². The van der Waals surface area contributed by atoms with Crippen LogP contribution < -0.4 is 10.5 Å². The summed E-state index contributed by atoms with van der Waals surface area (Å²) in [6, 6.07) is 8.77. The summed E-state index contributed by atoms with van der Waals surface area (Å²) >= 11 is 5.93. The average Bonchev–Trinajstić information content (AvgIpc) is 2.54. The lowest BCUT2D eigenvalue weighted by Crippen LogP contribution is -2.27. The molecule has 0 aliphatic heterocycles. The molecule has 0 bridgehead atoms. The van der Waals surface area contributed by atoms with Gasteiger partial charge in [-0.15, -0.1) is 0 Å². The number of nitrogens with zero attached hydrogens (tertiary/aromatic N) is 1. The van der Waals surface area contributed by atoms with Crippen LogP contribution >= 0.6 is 11.6 Å². The highest BCUT2D eigenvalue weighted by molar-refractivity contribution is 7.89. The van der Waals surface area contributed by atoms with Gasteiger partial charge in [-0.2, -0.15) is 0 Å². The van der Waals surface area contributed by atoms with Gasteiger partial charge in [0.25, 0.3) is 11.6 Å². The van der Waals surface area contributed by atoms with E-state index in [9.17, 15) is 23.3 Å². The van der Waals surface area contributed by atoms with Crippen molar-refractivity contribution in [2.24, 2.45) is 5.14 Å². The summed E-state index contributed by atoms with van der Waals surface area (Å²) in [6.07, 6.45) is 0. The Morgan fingerprint density at radius 3 is 2.36 bits per heavy atom. The highest BCUT2D eigenvalue weighted by atomic mass is 35.5. The molecule has 0 saturated heterocycles. The lowest BCUT2D eigenvalue weighted by Gasteiger charge is -2.15. The number of halogens is 1. The second-order valence-electron chi connectivity index (χ2n) is 5.23. The molecule has 0 aromatic heterocycles. The van der Waals surface area contributed by atoms with Gasteiger partial charge in [-0.05, 0) is 30.7 Å². The zero-order chi connectivity index (χ0) is 18.8. The van der Waals surface area contributed by atoms with Crippen LogP contribution in [0.4, 0.5) is 5.69 Å². The number of nitrogens with two attached hydrogens (primary N) is 1. The Bertz CT molecular complexity index is 929. The van der Waals surface area contributed by atoms with Crippen molar-refractivity contribution in [2.75, 3.05) is 0 Å². The van der Waals surface area contributed by atoms with Crippen LogP contribution in [0.25, 0.3) is 0 Å². The first-order chi connectivity index (χ1) is 11.6. The molecule has 2 rings (SSSR count). The predicted molar refractivity (Wildman–Crippen MR) is 91.8 cm³/mol. The van der Waals surface area contributed by atoms with E-state index in [1.54, 1.807) is 6.92 Å². The van der Waals surface area contributed by atoms with E-state index >= 15 is 0 Å². The molecule has 0 radical (unpaired) electrons. The molecule has 0 aliphatic rings. The average molecular weight is 384 g/mol. The van der Waals surface area contributed by atoms with Crippen molar-refractivity contribution >= 4 is 33.2 Å². The third kappa shape index (κ3) is 4.53. The number of nitro benzene ring substituents is 1. The number of carbonyl (C=O) groups excluding carboxylic acids is 1. The SMILES string of the molecule is CC(NC(=O)c1cc([N+](=O)[O-])ccc1Cl)c1ccc(S(N)(=O)=O)cc1. The van der Waals surface area contributed by atoms with E-state index < -0.39 is 26.9 Å². The van der Waals surface area contributed by atoms with Crippen molar-refractivity contribution in [3.05, 3.63) is 68.7 Å². The quantitative estimate of drug-likeness (QED) is 0.604. The van der Waals surface area contributed by atoms with Gasteiger partial charge in [0.05, 0.1) is 26.4 Å². The molecule has 1 unspecified atom stereocenters. The summed E-state index contributed by atoms with van der Waals surface area (Å²) in [5, 5.41) is 18.6. The summed E-state index contributed by atoms with van der Waals surface area (Å²) in [6.45, 7) is 1.68. The van der Waals surface area contributed by atoms with E-state index in [1.807, 2.05) is 0 Å². The number of sulfonamides is 1. The van der Waals surface area contributed by atoms with Gasteiger partial charge < -0.3 is 5.32 Å². The molecule has 0 saturated carbocycles. The number of amides is 1. The summed E-state index contributed by atoms with van der Waals surface area (Å²) < 4.78 is 22.5. The number of nitro groups is 1. The van der Waals surface area contributed by atoms with Crippen LogP contribution in [0.2, 0.25) is 5.02 Å². The fourth-order valence-electron chi connectivity index (χ4n) is 2.10. The molecule has 8 nitrogen and oxygen atoms in total. The van der Waals surface area contributed by atoms with E-state index in [-0.39, 0.29) is 21.2 Å². The largest absolute Gasteiger partial charge is 0.345 e. The number of non-ortho nitro benzene ring substituents is 1.